The van der Waals surface area contributed by atoms with Crippen molar-refractivity contribution in [2.45, 2.75) is 51.7 Å². The quantitative estimate of drug-likeness (QED) is 0.331. The number of methoxy groups -OCH3 is 1. The first-order valence-corrected chi connectivity index (χ1v) is 4.95. The second kappa shape index (κ2) is 9.43. The third-order valence-corrected chi connectivity index (χ3v) is 2.02. The van der Waals surface area contributed by atoms with Crippen LogP contribution in [0.15, 0.2) is 4.99 Å². The highest BCUT2D eigenvalue weighted by Crippen LogP contribution is 2.09. The Labute approximate surface area is 80.2 Å². The van der Waals surface area contributed by atoms with Crippen LogP contribution in [0.2, 0.25) is 0 Å². The molecule has 1 atom stereocenters. The number of aliphatic imine (C=N–C) groups is 1. The first kappa shape index (κ1) is 12.3. The van der Waals surface area contributed by atoms with E-state index in [2.05, 4.69) is 11.9 Å². The van der Waals surface area contributed by atoms with Gasteiger partial charge in [-0.15, -0.1) is 0 Å². The molecule has 0 bridgehead atoms. The Hall–Kier alpha value is -0.660. The van der Waals surface area contributed by atoms with Gasteiger partial charge in [0.1, 0.15) is 0 Å². The van der Waals surface area contributed by atoms with Gasteiger partial charge < -0.3 is 4.74 Å². The number of hydrogen-bond donors (Lipinski definition) is 0. The summed E-state index contributed by atoms with van der Waals surface area (Å²) in [5, 5.41) is 0. The van der Waals surface area contributed by atoms with Crippen LogP contribution in [0.5, 0.6) is 0 Å². The predicted octanol–water partition coefficient (Wildman–Crippen LogP) is 2.66. The Morgan fingerprint density at radius 2 is 2.00 bits per heavy atom. The molecule has 0 saturated heterocycles. The average Bonchev–Trinajstić information content (AvgIpc) is 2.16. The van der Waals surface area contributed by atoms with Crippen LogP contribution in [-0.2, 0) is 9.53 Å². The van der Waals surface area contributed by atoms with Gasteiger partial charge >= 0.3 is 0 Å². The zero-order valence-electron chi connectivity index (χ0n) is 8.58. The van der Waals surface area contributed by atoms with Crippen LogP contribution in [0.1, 0.15) is 45.4 Å². The molecule has 0 N–H and O–H groups in total. The second-order valence-corrected chi connectivity index (χ2v) is 3.11. The van der Waals surface area contributed by atoms with Crippen molar-refractivity contribution < 1.29 is 9.53 Å². The number of unbranched alkanes of at least 4 members (excludes halogenated alkanes) is 4. The minimum atomic E-state index is -0.279. The zero-order chi connectivity index (χ0) is 9.94. The molecular weight excluding hydrogens is 166 g/mol. The van der Waals surface area contributed by atoms with Crippen LogP contribution in [-0.4, -0.2) is 19.4 Å². The Kier molecular flexibility index (Phi) is 8.95. The van der Waals surface area contributed by atoms with Crippen LogP contribution < -0.4 is 0 Å². The first-order valence-electron chi connectivity index (χ1n) is 4.95. The summed E-state index contributed by atoms with van der Waals surface area (Å²) in [5.41, 5.74) is 0. The molecule has 0 saturated carbocycles. The summed E-state index contributed by atoms with van der Waals surface area (Å²) in [5.74, 6) is 0. The molecule has 0 aromatic rings. The van der Waals surface area contributed by atoms with E-state index >= 15 is 0 Å². The Morgan fingerprint density at radius 1 is 1.31 bits per heavy atom. The summed E-state index contributed by atoms with van der Waals surface area (Å²) >= 11 is 0. The van der Waals surface area contributed by atoms with Gasteiger partial charge in [0.2, 0.25) is 6.08 Å². The molecule has 0 aliphatic rings. The number of isocyanates is 1. The lowest BCUT2D eigenvalue weighted by atomic mass is 10.1. The Morgan fingerprint density at radius 3 is 2.54 bits per heavy atom. The predicted molar refractivity (Wildman–Crippen MR) is 52.3 cm³/mol. The fourth-order valence-corrected chi connectivity index (χ4v) is 1.22. The maximum atomic E-state index is 9.94. The normalized spacial score (nSPS) is 12.2. The third kappa shape index (κ3) is 7.69. The molecule has 13 heavy (non-hydrogen) atoms. The van der Waals surface area contributed by atoms with E-state index in [4.69, 9.17) is 4.74 Å². The lowest BCUT2D eigenvalue weighted by molar-refractivity contribution is 0.100. The number of carbonyl (C=O) groups excluding carboxylic acids is 1. The van der Waals surface area contributed by atoms with Gasteiger partial charge in [-0.05, 0) is 12.8 Å². The van der Waals surface area contributed by atoms with Crippen molar-refractivity contribution in [2.75, 3.05) is 7.11 Å². The molecule has 1 unspecified atom stereocenters. The summed E-state index contributed by atoms with van der Waals surface area (Å²) in [6, 6.07) is 0. The molecule has 3 heteroatoms. The van der Waals surface area contributed by atoms with Crippen LogP contribution in [0.4, 0.5) is 0 Å². The van der Waals surface area contributed by atoms with Gasteiger partial charge in [0.05, 0.1) is 0 Å². The van der Waals surface area contributed by atoms with E-state index in [0.29, 0.717) is 0 Å². The van der Waals surface area contributed by atoms with Gasteiger partial charge in [0, 0.05) is 7.11 Å². The molecule has 0 radical (unpaired) electrons. The van der Waals surface area contributed by atoms with Gasteiger partial charge in [0.25, 0.3) is 0 Å². The summed E-state index contributed by atoms with van der Waals surface area (Å²) < 4.78 is 4.97. The standard InChI is InChI=1S/C10H19NO2/c1-3-4-5-6-7-8-10(13-2)11-9-12/h10H,3-8H2,1-2H3. The third-order valence-electron chi connectivity index (χ3n) is 2.02. The van der Waals surface area contributed by atoms with E-state index < -0.39 is 0 Å². The molecule has 0 aliphatic heterocycles. The molecule has 0 rings (SSSR count). The largest absolute Gasteiger partial charge is 0.359 e. The summed E-state index contributed by atoms with van der Waals surface area (Å²) in [6.45, 7) is 2.19. The number of hydrogen-bond acceptors (Lipinski definition) is 3. The van der Waals surface area contributed by atoms with Crippen LogP contribution in [0.3, 0.4) is 0 Å². The molecule has 0 fully saturated rings. The molecule has 76 valence electrons. The summed E-state index contributed by atoms with van der Waals surface area (Å²) in [7, 11) is 1.57. The maximum absolute atomic E-state index is 9.94. The van der Waals surface area contributed by atoms with E-state index in [0.717, 1.165) is 12.8 Å². The summed E-state index contributed by atoms with van der Waals surface area (Å²) in [6.07, 6.45) is 8.14. The van der Waals surface area contributed by atoms with Gasteiger partial charge in [0.15, 0.2) is 6.23 Å². The average molecular weight is 185 g/mol. The van der Waals surface area contributed by atoms with Crippen molar-refractivity contribution in [1.29, 1.82) is 0 Å². The summed E-state index contributed by atoms with van der Waals surface area (Å²) in [4.78, 5) is 13.5. The molecular formula is C10H19NO2. The lowest BCUT2D eigenvalue weighted by Crippen LogP contribution is -2.06. The highest BCUT2D eigenvalue weighted by atomic mass is 16.5. The molecule has 0 heterocycles. The Bertz CT molecular complexity index is 153. The molecule has 0 aliphatic carbocycles. The SMILES string of the molecule is CCCCCCCC(N=C=O)OC. The molecule has 0 aromatic carbocycles. The van der Waals surface area contributed by atoms with Crippen LogP contribution in [0, 0.1) is 0 Å². The van der Waals surface area contributed by atoms with Crippen molar-refractivity contribution in [3.8, 4) is 0 Å². The number of ether oxygens (including phenoxy) is 1. The molecule has 0 aromatic heterocycles. The molecule has 3 nitrogen and oxygen atoms in total. The van der Waals surface area contributed by atoms with E-state index in [1.807, 2.05) is 0 Å². The van der Waals surface area contributed by atoms with Crippen molar-refractivity contribution in [3.63, 3.8) is 0 Å². The second-order valence-electron chi connectivity index (χ2n) is 3.11. The fraction of sp³-hybridized carbons (Fsp3) is 0.900. The minimum absolute atomic E-state index is 0.279. The van der Waals surface area contributed by atoms with E-state index in [9.17, 15) is 4.79 Å². The maximum Gasteiger partial charge on any atom is 0.237 e. The van der Waals surface area contributed by atoms with E-state index in [-0.39, 0.29) is 6.23 Å². The van der Waals surface area contributed by atoms with Crippen LogP contribution in [0.25, 0.3) is 0 Å². The number of nitrogens with zero attached hydrogens (tertiary/aromatic N) is 1. The van der Waals surface area contributed by atoms with E-state index in [1.54, 1.807) is 7.11 Å². The first-order chi connectivity index (χ1) is 6.35. The minimum Gasteiger partial charge on any atom is -0.359 e. The van der Waals surface area contributed by atoms with Crippen molar-refractivity contribution in [1.82, 2.24) is 0 Å². The van der Waals surface area contributed by atoms with Gasteiger partial charge in [-0.3, -0.25) is 0 Å². The highest BCUT2D eigenvalue weighted by Gasteiger charge is 2.02. The van der Waals surface area contributed by atoms with Gasteiger partial charge in [-0.1, -0.05) is 32.6 Å². The van der Waals surface area contributed by atoms with Crippen molar-refractivity contribution in [2.24, 2.45) is 4.99 Å². The Balaban J connectivity index is 3.33. The number of rotatable bonds is 8. The van der Waals surface area contributed by atoms with Crippen LogP contribution >= 0.6 is 0 Å². The lowest BCUT2D eigenvalue weighted by Gasteiger charge is -2.07. The fourth-order valence-electron chi connectivity index (χ4n) is 1.22. The smallest absolute Gasteiger partial charge is 0.237 e. The van der Waals surface area contributed by atoms with Crippen molar-refractivity contribution >= 4 is 6.08 Å². The topological polar surface area (TPSA) is 38.7 Å². The molecule has 0 amide bonds. The monoisotopic (exact) mass is 185 g/mol. The molecule has 0 spiro atoms. The van der Waals surface area contributed by atoms with Gasteiger partial charge in [-0.25, -0.2) is 4.79 Å². The van der Waals surface area contributed by atoms with Gasteiger partial charge in [-0.2, -0.15) is 4.99 Å². The van der Waals surface area contributed by atoms with Crippen molar-refractivity contribution in [3.05, 3.63) is 0 Å². The highest BCUT2D eigenvalue weighted by molar-refractivity contribution is 5.33. The van der Waals surface area contributed by atoms with E-state index in [1.165, 1.54) is 31.8 Å². The zero-order valence-corrected chi connectivity index (χ0v) is 8.58.